The van der Waals surface area contributed by atoms with Crippen molar-refractivity contribution in [1.29, 1.82) is 0 Å². The van der Waals surface area contributed by atoms with Gasteiger partial charge in [-0.1, -0.05) is 13.8 Å². The summed E-state index contributed by atoms with van der Waals surface area (Å²) in [5, 5.41) is 0. The van der Waals surface area contributed by atoms with Gasteiger partial charge < -0.3 is 5.73 Å². The lowest BCUT2D eigenvalue weighted by molar-refractivity contribution is 0.101. The van der Waals surface area contributed by atoms with Crippen LogP contribution in [0.15, 0.2) is 0 Å². The molecule has 0 heterocycles. The van der Waals surface area contributed by atoms with Crippen molar-refractivity contribution >= 4 is 0 Å². The van der Waals surface area contributed by atoms with Gasteiger partial charge in [0.25, 0.3) is 0 Å². The first-order chi connectivity index (χ1) is 7.72. The number of rotatable bonds is 5. The molecule has 2 N–H and O–H groups in total. The largest absolute Gasteiger partial charge is 0.330 e. The van der Waals surface area contributed by atoms with Crippen LogP contribution in [-0.2, 0) is 0 Å². The van der Waals surface area contributed by atoms with E-state index in [-0.39, 0.29) is 0 Å². The van der Waals surface area contributed by atoms with E-state index in [0.29, 0.717) is 0 Å². The van der Waals surface area contributed by atoms with E-state index in [2.05, 4.69) is 18.7 Å². The summed E-state index contributed by atoms with van der Waals surface area (Å²) in [4.78, 5) is 2.79. The van der Waals surface area contributed by atoms with Gasteiger partial charge in [0.2, 0.25) is 0 Å². The van der Waals surface area contributed by atoms with E-state index in [1.165, 1.54) is 45.1 Å². The zero-order valence-electron chi connectivity index (χ0n) is 11.0. The topological polar surface area (TPSA) is 29.3 Å². The molecule has 2 aliphatic rings. The Balaban J connectivity index is 1.87. The summed E-state index contributed by atoms with van der Waals surface area (Å²) in [6.07, 6.45) is 8.32. The highest BCUT2D eigenvalue weighted by Gasteiger charge is 2.36. The second kappa shape index (κ2) is 5.50. The molecule has 0 aliphatic heterocycles. The Morgan fingerprint density at radius 1 is 1.00 bits per heavy atom. The molecule has 0 radical (unpaired) electrons. The predicted molar refractivity (Wildman–Crippen MR) is 69.4 cm³/mol. The number of nitrogens with two attached hydrogens (primary N) is 1. The van der Waals surface area contributed by atoms with Crippen LogP contribution in [0.1, 0.15) is 52.4 Å². The zero-order chi connectivity index (χ0) is 11.5. The Labute approximate surface area is 101 Å². The van der Waals surface area contributed by atoms with E-state index in [9.17, 15) is 0 Å². The van der Waals surface area contributed by atoms with E-state index in [0.717, 1.165) is 30.5 Å². The first kappa shape index (κ1) is 12.4. The van der Waals surface area contributed by atoms with Crippen LogP contribution < -0.4 is 5.73 Å². The summed E-state index contributed by atoms with van der Waals surface area (Å²) in [5.74, 6) is 1.85. The minimum absolute atomic E-state index is 0.849. The average molecular weight is 224 g/mol. The monoisotopic (exact) mass is 224 g/mol. The fourth-order valence-electron chi connectivity index (χ4n) is 3.16. The quantitative estimate of drug-likeness (QED) is 0.778. The Hall–Kier alpha value is -0.0800. The van der Waals surface area contributed by atoms with E-state index >= 15 is 0 Å². The van der Waals surface area contributed by atoms with E-state index in [1.54, 1.807) is 0 Å². The molecule has 0 saturated heterocycles. The van der Waals surface area contributed by atoms with Crippen molar-refractivity contribution in [2.45, 2.75) is 64.5 Å². The molecule has 3 atom stereocenters. The highest BCUT2D eigenvalue weighted by atomic mass is 15.2. The van der Waals surface area contributed by atoms with Gasteiger partial charge in [-0.3, -0.25) is 4.90 Å². The molecule has 0 aromatic heterocycles. The van der Waals surface area contributed by atoms with Crippen LogP contribution in [-0.4, -0.2) is 30.1 Å². The Morgan fingerprint density at radius 3 is 2.25 bits per heavy atom. The lowest BCUT2D eigenvalue weighted by Crippen LogP contribution is -2.42. The Kier molecular flexibility index (Phi) is 4.26. The standard InChI is InChI=1S/C14H28N2/c1-11-4-5-14(10-12(11)2)16(9-3-8-15)13-6-7-13/h11-14H,3-10,15H2,1-2H3. The van der Waals surface area contributed by atoms with Gasteiger partial charge in [-0.25, -0.2) is 0 Å². The van der Waals surface area contributed by atoms with Gasteiger partial charge >= 0.3 is 0 Å². The van der Waals surface area contributed by atoms with Crippen LogP contribution in [0.25, 0.3) is 0 Å². The molecule has 2 heteroatoms. The third kappa shape index (κ3) is 2.98. The maximum absolute atomic E-state index is 5.65. The second-order valence-electron chi connectivity index (χ2n) is 6.03. The Bertz CT molecular complexity index is 213. The minimum Gasteiger partial charge on any atom is -0.330 e. The summed E-state index contributed by atoms with van der Waals surface area (Å²) < 4.78 is 0. The first-order valence-corrected chi connectivity index (χ1v) is 7.18. The van der Waals surface area contributed by atoms with E-state index in [1.807, 2.05) is 0 Å². The van der Waals surface area contributed by atoms with Crippen LogP contribution in [0.4, 0.5) is 0 Å². The molecule has 0 aromatic rings. The van der Waals surface area contributed by atoms with E-state index < -0.39 is 0 Å². The van der Waals surface area contributed by atoms with Gasteiger partial charge in [-0.15, -0.1) is 0 Å². The van der Waals surface area contributed by atoms with Crippen molar-refractivity contribution in [2.75, 3.05) is 13.1 Å². The molecule has 94 valence electrons. The van der Waals surface area contributed by atoms with Crippen molar-refractivity contribution in [3.8, 4) is 0 Å². The normalized spacial score (nSPS) is 35.6. The molecule has 0 bridgehead atoms. The van der Waals surface area contributed by atoms with Gasteiger partial charge in [0.05, 0.1) is 0 Å². The van der Waals surface area contributed by atoms with Crippen molar-refractivity contribution in [1.82, 2.24) is 4.90 Å². The molecule has 2 aliphatic carbocycles. The van der Waals surface area contributed by atoms with Gasteiger partial charge in [0.15, 0.2) is 0 Å². The zero-order valence-corrected chi connectivity index (χ0v) is 11.0. The molecule has 2 rings (SSSR count). The molecule has 0 spiro atoms. The van der Waals surface area contributed by atoms with E-state index in [4.69, 9.17) is 5.73 Å². The average Bonchev–Trinajstić information content (AvgIpc) is 3.08. The highest BCUT2D eigenvalue weighted by molar-refractivity contribution is 4.91. The van der Waals surface area contributed by atoms with Crippen LogP contribution in [0.2, 0.25) is 0 Å². The van der Waals surface area contributed by atoms with Crippen LogP contribution >= 0.6 is 0 Å². The molecule has 16 heavy (non-hydrogen) atoms. The summed E-state index contributed by atoms with van der Waals surface area (Å²) in [6.45, 7) is 6.95. The summed E-state index contributed by atoms with van der Waals surface area (Å²) in [5.41, 5.74) is 5.65. The highest BCUT2D eigenvalue weighted by Crippen LogP contribution is 2.37. The molecule has 0 amide bonds. The van der Waals surface area contributed by atoms with Crippen LogP contribution in [0.5, 0.6) is 0 Å². The SMILES string of the molecule is CC1CCC(N(CCCN)C2CC2)CC1C. The maximum Gasteiger partial charge on any atom is 0.0101 e. The molecular formula is C14H28N2. The Morgan fingerprint density at radius 2 is 1.69 bits per heavy atom. The molecule has 3 unspecified atom stereocenters. The van der Waals surface area contributed by atoms with Crippen LogP contribution in [0, 0.1) is 11.8 Å². The van der Waals surface area contributed by atoms with Crippen molar-refractivity contribution in [2.24, 2.45) is 17.6 Å². The van der Waals surface area contributed by atoms with Gasteiger partial charge in [-0.2, -0.15) is 0 Å². The minimum atomic E-state index is 0.849. The first-order valence-electron chi connectivity index (χ1n) is 7.18. The third-order valence-electron chi connectivity index (χ3n) is 4.68. The van der Waals surface area contributed by atoms with Crippen molar-refractivity contribution in [3.63, 3.8) is 0 Å². The lowest BCUT2D eigenvalue weighted by atomic mass is 9.78. The molecule has 2 saturated carbocycles. The third-order valence-corrected chi connectivity index (χ3v) is 4.68. The molecule has 2 nitrogen and oxygen atoms in total. The second-order valence-corrected chi connectivity index (χ2v) is 6.03. The van der Waals surface area contributed by atoms with Crippen molar-refractivity contribution < 1.29 is 0 Å². The summed E-state index contributed by atoms with van der Waals surface area (Å²) >= 11 is 0. The summed E-state index contributed by atoms with van der Waals surface area (Å²) in [7, 11) is 0. The van der Waals surface area contributed by atoms with Gasteiger partial charge in [-0.05, 0) is 63.5 Å². The molecule has 2 fully saturated rings. The maximum atomic E-state index is 5.65. The lowest BCUT2D eigenvalue weighted by Gasteiger charge is -2.39. The van der Waals surface area contributed by atoms with Gasteiger partial charge in [0.1, 0.15) is 0 Å². The van der Waals surface area contributed by atoms with Crippen molar-refractivity contribution in [3.05, 3.63) is 0 Å². The smallest absolute Gasteiger partial charge is 0.0101 e. The van der Waals surface area contributed by atoms with Crippen LogP contribution in [0.3, 0.4) is 0 Å². The molecular weight excluding hydrogens is 196 g/mol. The van der Waals surface area contributed by atoms with Gasteiger partial charge in [0, 0.05) is 12.1 Å². The number of hydrogen-bond acceptors (Lipinski definition) is 2. The number of hydrogen-bond donors (Lipinski definition) is 1. The predicted octanol–water partition coefficient (Wildman–Crippen LogP) is 2.62. The fraction of sp³-hybridized carbons (Fsp3) is 1.00. The summed E-state index contributed by atoms with van der Waals surface area (Å²) in [6, 6.07) is 1.78. The molecule has 0 aromatic carbocycles. The fourth-order valence-corrected chi connectivity index (χ4v) is 3.16. The number of nitrogens with zero attached hydrogens (tertiary/aromatic N) is 1.